The molecule has 1 aromatic heterocycles. The predicted molar refractivity (Wildman–Crippen MR) is 91.7 cm³/mol. The number of hydrogen-bond donors (Lipinski definition) is 2. The first kappa shape index (κ1) is 16.7. The monoisotopic (exact) mass is 380 g/mol. The first-order valence-corrected chi connectivity index (χ1v) is 7.25. The van der Waals surface area contributed by atoms with Gasteiger partial charge in [0.1, 0.15) is 5.69 Å². The fourth-order valence-corrected chi connectivity index (χ4v) is 2.72. The van der Waals surface area contributed by atoms with Gasteiger partial charge >= 0.3 is 16.9 Å². The van der Waals surface area contributed by atoms with Gasteiger partial charge in [0.2, 0.25) is 0 Å². The van der Waals surface area contributed by atoms with Gasteiger partial charge in [-0.15, -0.1) is 0 Å². The summed E-state index contributed by atoms with van der Waals surface area (Å²) in [6.07, 6.45) is 2.90. The van der Waals surface area contributed by atoms with E-state index in [0.29, 0.717) is 0 Å². The Morgan fingerprint density at radius 1 is 1.22 bits per heavy atom. The van der Waals surface area contributed by atoms with Gasteiger partial charge in [0.25, 0.3) is 0 Å². The summed E-state index contributed by atoms with van der Waals surface area (Å²) in [7, 11) is 3.81. The molecule has 0 aliphatic carbocycles. The van der Waals surface area contributed by atoms with E-state index in [4.69, 9.17) is 0 Å². The molecule has 1 heterocycles. The Morgan fingerprint density at radius 3 is 2.48 bits per heavy atom. The van der Waals surface area contributed by atoms with E-state index in [0.717, 1.165) is 15.7 Å². The normalized spacial score (nSPS) is 10.9. The number of nitro groups is 1. The molecule has 2 aromatic rings. The highest BCUT2D eigenvalue weighted by Crippen LogP contribution is 2.26. The van der Waals surface area contributed by atoms with Crippen LogP contribution < -0.4 is 16.1 Å². The van der Waals surface area contributed by atoms with Gasteiger partial charge in [0.15, 0.2) is 0 Å². The average molecular weight is 381 g/mol. The minimum absolute atomic E-state index is 0.156. The Labute approximate surface area is 138 Å². The quantitative estimate of drug-likeness (QED) is 0.621. The third-order valence-electron chi connectivity index (χ3n) is 3.02. The lowest BCUT2D eigenvalue weighted by Gasteiger charge is -2.14. The summed E-state index contributed by atoms with van der Waals surface area (Å²) in [6, 6.07) is 5.51. The molecule has 0 bridgehead atoms. The summed E-state index contributed by atoms with van der Waals surface area (Å²) in [6.45, 7) is 0. The van der Waals surface area contributed by atoms with Crippen molar-refractivity contribution in [3.05, 3.63) is 64.9 Å². The Morgan fingerprint density at radius 2 is 1.91 bits per heavy atom. The number of nitrogens with one attached hydrogen (secondary N) is 2. The molecule has 0 saturated carbocycles. The van der Waals surface area contributed by atoms with Gasteiger partial charge in [-0.2, -0.15) is 0 Å². The maximum absolute atomic E-state index is 11.5. The molecule has 8 nitrogen and oxygen atoms in total. The smallest absolute Gasteiger partial charge is 0.357 e. The molecule has 2 rings (SSSR count). The lowest BCUT2D eigenvalue weighted by atomic mass is 10.1. The number of halogens is 1. The van der Waals surface area contributed by atoms with Crippen LogP contribution in [0.1, 0.15) is 11.3 Å². The minimum Gasteiger partial charge on any atom is -0.377 e. The zero-order valence-electron chi connectivity index (χ0n) is 12.3. The van der Waals surface area contributed by atoms with Crippen molar-refractivity contribution in [2.45, 2.75) is 0 Å². The summed E-state index contributed by atoms with van der Waals surface area (Å²) in [5.41, 5.74) is -0.982. The largest absolute Gasteiger partial charge is 0.377 e. The molecule has 0 aliphatic heterocycles. The van der Waals surface area contributed by atoms with Crippen LogP contribution >= 0.6 is 15.9 Å². The predicted octanol–water partition coefficient (Wildman–Crippen LogP) is 1.97. The number of aromatic amines is 2. The zero-order chi connectivity index (χ0) is 17.1. The SMILES string of the molecule is CN(C)c1ccc(C=Cc2[nH]c(=O)[nH]c(=O)c2[N+](=O)[O-])cc1Br. The Bertz CT molecular complexity index is 898. The van der Waals surface area contributed by atoms with Crippen LogP contribution in [-0.2, 0) is 0 Å². The van der Waals surface area contributed by atoms with Crippen molar-refractivity contribution in [3.63, 3.8) is 0 Å². The summed E-state index contributed by atoms with van der Waals surface area (Å²) in [5.74, 6) is 0. The highest BCUT2D eigenvalue weighted by atomic mass is 79.9. The number of hydrogen-bond acceptors (Lipinski definition) is 5. The number of H-pyrrole nitrogens is 2. The fraction of sp³-hybridized carbons (Fsp3) is 0.143. The topological polar surface area (TPSA) is 112 Å². The third kappa shape index (κ3) is 3.75. The molecule has 0 spiro atoms. The molecule has 2 N–H and O–H groups in total. The third-order valence-corrected chi connectivity index (χ3v) is 3.66. The second-order valence-electron chi connectivity index (χ2n) is 4.87. The van der Waals surface area contributed by atoms with Gasteiger partial charge in [-0.1, -0.05) is 12.1 Å². The highest BCUT2D eigenvalue weighted by molar-refractivity contribution is 9.10. The second-order valence-corrected chi connectivity index (χ2v) is 5.72. The first-order chi connectivity index (χ1) is 10.8. The number of rotatable bonds is 4. The molecule has 0 aliphatic rings. The van der Waals surface area contributed by atoms with Gasteiger partial charge < -0.3 is 9.88 Å². The Hall–Kier alpha value is -2.68. The number of benzene rings is 1. The van der Waals surface area contributed by atoms with E-state index in [-0.39, 0.29) is 5.69 Å². The van der Waals surface area contributed by atoms with Crippen LogP contribution in [0, 0.1) is 10.1 Å². The van der Waals surface area contributed by atoms with Crippen molar-refractivity contribution < 1.29 is 4.92 Å². The van der Waals surface area contributed by atoms with E-state index < -0.39 is 21.9 Å². The van der Waals surface area contributed by atoms with Crippen LogP contribution in [0.15, 0.2) is 32.3 Å². The molecule has 23 heavy (non-hydrogen) atoms. The van der Waals surface area contributed by atoms with E-state index >= 15 is 0 Å². The maximum atomic E-state index is 11.5. The van der Waals surface area contributed by atoms with Crippen molar-refractivity contribution in [1.29, 1.82) is 0 Å². The van der Waals surface area contributed by atoms with Crippen molar-refractivity contribution in [2.24, 2.45) is 0 Å². The van der Waals surface area contributed by atoms with E-state index in [9.17, 15) is 19.7 Å². The van der Waals surface area contributed by atoms with Crippen molar-refractivity contribution >= 4 is 39.5 Å². The summed E-state index contributed by atoms with van der Waals surface area (Å²) in [4.78, 5) is 38.9. The molecule has 0 fully saturated rings. The van der Waals surface area contributed by atoms with Gasteiger partial charge in [0, 0.05) is 18.6 Å². The molecular weight excluding hydrogens is 368 g/mol. The van der Waals surface area contributed by atoms with Crippen LogP contribution in [0.25, 0.3) is 12.2 Å². The van der Waals surface area contributed by atoms with E-state index in [1.807, 2.05) is 42.2 Å². The van der Waals surface area contributed by atoms with Gasteiger partial charge in [-0.05, 0) is 39.7 Å². The second kappa shape index (κ2) is 6.61. The van der Waals surface area contributed by atoms with Crippen molar-refractivity contribution in [1.82, 2.24) is 9.97 Å². The van der Waals surface area contributed by atoms with Crippen molar-refractivity contribution in [3.8, 4) is 0 Å². The van der Waals surface area contributed by atoms with E-state index in [1.165, 1.54) is 6.08 Å². The molecular formula is C14H13BrN4O4. The molecule has 0 saturated heterocycles. The Kier molecular flexibility index (Phi) is 4.80. The molecule has 1 aromatic carbocycles. The molecule has 0 amide bonds. The van der Waals surface area contributed by atoms with E-state index in [2.05, 4.69) is 20.9 Å². The van der Waals surface area contributed by atoms with Gasteiger partial charge in [-0.3, -0.25) is 19.9 Å². The average Bonchev–Trinajstić information content (AvgIpc) is 2.43. The maximum Gasteiger partial charge on any atom is 0.357 e. The minimum atomic E-state index is -1.04. The lowest BCUT2D eigenvalue weighted by molar-refractivity contribution is -0.386. The first-order valence-electron chi connectivity index (χ1n) is 6.45. The zero-order valence-corrected chi connectivity index (χ0v) is 13.9. The number of anilines is 1. The summed E-state index contributed by atoms with van der Waals surface area (Å²) in [5, 5.41) is 11.0. The van der Waals surface area contributed by atoms with Crippen LogP contribution in [0.3, 0.4) is 0 Å². The molecule has 120 valence electrons. The highest BCUT2D eigenvalue weighted by Gasteiger charge is 2.18. The summed E-state index contributed by atoms with van der Waals surface area (Å²) < 4.78 is 0.846. The molecule has 9 heteroatoms. The molecule has 0 radical (unpaired) electrons. The number of aromatic nitrogens is 2. The van der Waals surface area contributed by atoms with Crippen molar-refractivity contribution in [2.75, 3.05) is 19.0 Å². The van der Waals surface area contributed by atoms with Crippen LogP contribution in [0.5, 0.6) is 0 Å². The van der Waals surface area contributed by atoms with Gasteiger partial charge in [0.05, 0.1) is 10.6 Å². The Balaban J connectivity index is 2.45. The van der Waals surface area contributed by atoms with Crippen LogP contribution in [-0.4, -0.2) is 29.0 Å². The lowest BCUT2D eigenvalue weighted by Crippen LogP contribution is -2.25. The molecule has 0 atom stereocenters. The van der Waals surface area contributed by atoms with Gasteiger partial charge in [-0.25, -0.2) is 4.79 Å². The summed E-state index contributed by atoms with van der Waals surface area (Å²) >= 11 is 3.44. The number of nitrogens with zero attached hydrogens (tertiary/aromatic N) is 2. The molecule has 0 unspecified atom stereocenters. The van der Waals surface area contributed by atoms with Crippen LogP contribution in [0.2, 0.25) is 0 Å². The standard InChI is InChI=1S/C14H13BrN4O4/c1-18(2)11-6-4-8(7-9(11)15)3-5-10-12(19(22)23)13(20)17-14(21)16-10/h3-7H,1-2H3,(H2,16,17,20,21). The van der Waals surface area contributed by atoms with E-state index in [1.54, 1.807) is 6.08 Å². The van der Waals surface area contributed by atoms with Crippen LogP contribution in [0.4, 0.5) is 11.4 Å². The fourth-order valence-electron chi connectivity index (χ4n) is 1.97.